The molecule has 1 aliphatic rings. The lowest BCUT2D eigenvalue weighted by Gasteiger charge is -2.12. The van der Waals surface area contributed by atoms with E-state index in [4.69, 9.17) is 4.74 Å². The van der Waals surface area contributed by atoms with Crippen LogP contribution in [-0.2, 0) is 13.0 Å². The summed E-state index contributed by atoms with van der Waals surface area (Å²) in [6.45, 7) is 2.66. The molecule has 0 fully saturated rings. The molecule has 1 aliphatic heterocycles. The van der Waals surface area contributed by atoms with E-state index >= 15 is 0 Å². The van der Waals surface area contributed by atoms with Crippen LogP contribution in [0.25, 0.3) is 11.3 Å². The third-order valence-corrected chi connectivity index (χ3v) is 4.53. The number of halogens is 1. The minimum absolute atomic E-state index is 0.263. The predicted molar refractivity (Wildman–Crippen MR) is 93.4 cm³/mol. The molecular weight excluding hydrogens is 351 g/mol. The molecule has 0 aliphatic carbocycles. The monoisotopic (exact) mass is 366 g/mol. The normalized spacial score (nSPS) is 13.0. The van der Waals surface area contributed by atoms with Gasteiger partial charge in [-0.1, -0.05) is 0 Å². The zero-order valence-electron chi connectivity index (χ0n) is 14.4. The molecule has 1 N–H and O–H groups in total. The average molecular weight is 366 g/mol. The first-order chi connectivity index (χ1) is 13.2. The van der Waals surface area contributed by atoms with E-state index in [0.29, 0.717) is 41.7 Å². The van der Waals surface area contributed by atoms with Crippen LogP contribution < -0.4 is 10.1 Å². The van der Waals surface area contributed by atoms with Gasteiger partial charge in [-0.15, -0.1) is 10.2 Å². The van der Waals surface area contributed by atoms with Crippen molar-refractivity contribution in [2.75, 3.05) is 11.9 Å². The fraction of sp³-hybridized carbons (Fsp3) is 0.235. The number of nitrogens with one attached hydrogen (secondary N) is 1. The molecule has 4 heterocycles. The molecule has 5 rings (SSSR count). The van der Waals surface area contributed by atoms with Gasteiger partial charge in [-0.3, -0.25) is 0 Å². The van der Waals surface area contributed by atoms with E-state index in [-0.39, 0.29) is 12.4 Å². The molecule has 4 aromatic rings. The van der Waals surface area contributed by atoms with E-state index in [9.17, 15) is 4.39 Å². The van der Waals surface area contributed by atoms with E-state index < -0.39 is 0 Å². The zero-order chi connectivity index (χ0) is 18.4. The number of anilines is 1. The van der Waals surface area contributed by atoms with Gasteiger partial charge in [-0.05, 0) is 19.1 Å². The first-order valence-electron chi connectivity index (χ1n) is 8.45. The quantitative estimate of drug-likeness (QED) is 0.587. The third kappa shape index (κ3) is 2.57. The summed E-state index contributed by atoms with van der Waals surface area (Å²) in [6, 6.07) is 3.10. The lowest BCUT2D eigenvalue weighted by Crippen LogP contribution is -2.11. The van der Waals surface area contributed by atoms with Crippen LogP contribution in [0.15, 0.2) is 31.0 Å². The summed E-state index contributed by atoms with van der Waals surface area (Å²) in [7, 11) is 0. The summed E-state index contributed by atoms with van der Waals surface area (Å²) in [4.78, 5) is 8.56. The van der Waals surface area contributed by atoms with Crippen LogP contribution in [0.2, 0.25) is 0 Å². The van der Waals surface area contributed by atoms with Crippen molar-refractivity contribution in [3.05, 3.63) is 53.8 Å². The minimum atomic E-state index is -0.263. The molecule has 9 nitrogen and oxygen atoms in total. The number of ether oxygens (including phenoxy) is 1. The zero-order valence-corrected chi connectivity index (χ0v) is 14.4. The molecule has 0 spiro atoms. The number of fused-ring (bicyclic) bond motifs is 2. The number of nitrogens with zero attached hydrogens (tertiary/aromatic N) is 7. The lowest BCUT2D eigenvalue weighted by atomic mass is 10.0. The van der Waals surface area contributed by atoms with Gasteiger partial charge in [0.05, 0.1) is 12.8 Å². The van der Waals surface area contributed by atoms with Gasteiger partial charge >= 0.3 is 0 Å². The molecule has 3 aromatic heterocycles. The average Bonchev–Trinajstić information content (AvgIpc) is 3.40. The molecule has 0 atom stereocenters. The van der Waals surface area contributed by atoms with Crippen LogP contribution in [0.5, 0.6) is 5.75 Å². The Hall–Kier alpha value is -3.56. The van der Waals surface area contributed by atoms with Crippen molar-refractivity contribution in [3.8, 4) is 11.4 Å². The van der Waals surface area contributed by atoms with Crippen LogP contribution in [0.1, 0.15) is 17.0 Å². The highest BCUT2D eigenvalue weighted by Crippen LogP contribution is 2.30. The summed E-state index contributed by atoms with van der Waals surface area (Å²) in [6.07, 6.45) is 5.48. The van der Waals surface area contributed by atoms with Gasteiger partial charge in [-0.2, -0.15) is 5.10 Å². The number of hydrogen-bond donors (Lipinski definition) is 1. The standard InChI is InChI=1S/C17H15FN8O/c1-10-21-8-26(24-10)14-7-20-17(25-9-22-23-16(14)25)19-6-12-11-4-5-27-15(11)3-2-13(12)18/h2-3,7-9H,4-6H2,1H3,(H,19,20). The second kappa shape index (κ2) is 6.01. The Labute approximate surface area is 152 Å². The summed E-state index contributed by atoms with van der Waals surface area (Å²) < 4.78 is 23.1. The van der Waals surface area contributed by atoms with E-state index in [1.54, 1.807) is 40.9 Å². The van der Waals surface area contributed by atoms with Crippen LogP contribution >= 0.6 is 0 Å². The largest absolute Gasteiger partial charge is 0.493 e. The number of hydrogen-bond acceptors (Lipinski definition) is 7. The number of rotatable bonds is 4. The second-order valence-corrected chi connectivity index (χ2v) is 6.18. The number of benzene rings is 1. The highest BCUT2D eigenvalue weighted by Gasteiger charge is 2.20. The Bertz CT molecular complexity index is 1150. The van der Waals surface area contributed by atoms with Gasteiger partial charge in [0.1, 0.15) is 35.7 Å². The number of aryl methyl sites for hydroxylation is 1. The topological polar surface area (TPSA) is 95.0 Å². The molecule has 0 amide bonds. The van der Waals surface area contributed by atoms with Crippen molar-refractivity contribution in [2.24, 2.45) is 0 Å². The van der Waals surface area contributed by atoms with Gasteiger partial charge in [0, 0.05) is 24.1 Å². The minimum Gasteiger partial charge on any atom is -0.493 e. The Kier molecular flexibility index (Phi) is 3.49. The van der Waals surface area contributed by atoms with Gasteiger partial charge in [0.2, 0.25) is 5.95 Å². The van der Waals surface area contributed by atoms with Crippen LogP contribution in [0.3, 0.4) is 0 Å². The maximum Gasteiger partial charge on any atom is 0.210 e. The Morgan fingerprint density at radius 2 is 2.19 bits per heavy atom. The van der Waals surface area contributed by atoms with Crippen molar-refractivity contribution in [1.29, 1.82) is 0 Å². The lowest BCUT2D eigenvalue weighted by molar-refractivity contribution is 0.356. The SMILES string of the molecule is Cc1ncn(-c2cnc(NCc3c(F)ccc4c3CCO4)n3cnnc23)n1. The van der Waals surface area contributed by atoms with Crippen molar-refractivity contribution < 1.29 is 9.13 Å². The highest BCUT2D eigenvalue weighted by atomic mass is 19.1. The summed E-state index contributed by atoms with van der Waals surface area (Å²) in [5.74, 6) is 1.63. The first kappa shape index (κ1) is 15.7. The Morgan fingerprint density at radius 3 is 3.04 bits per heavy atom. The van der Waals surface area contributed by atoms with E-state index in [1.807, 2.05) is 0 Å². The fourth-order valence-corrected chi connectivity index (χ4v) is 3.24. The molecule has 10 heteroatoms. The third-order valence-electron chi connectivity index (χ3n) is 4.53. The van der Waals surface area contributed by atoms with Crippen molar-refractivity contribution in [2.45, 2.75) is 19.9 Å². The smallest absolute Gasteiger partial charge is 0.210 e. The molecule has 0 saturated carbocycles. The highest BCUT2D eigenvalue weighted by molar-refractivity contribution is 5.60. The van der Waals surface area contributed by atoms with Gasteiger partial charge in [0.15, 0.2) is 5.65 Å². The van der Waals surface area contributed by atoms with Crippen molar-refractivity contribution in [1.82, 2.24) is 34.3 Å². The maximum atomic E-state index is 14.3. The second-order valence-electron chi connectivity index (χ2n) is 6.18. The Morgan fingerprint density at radius 1 is 1.26 bits per heavy atom. The molecule has 27 heavy (non-hydrogen) atoms. The Balaban J connectivity index is 1.49. The fourth-order valence-electron chi connectivity index (χ4n) is 3.24. The van der Waals surface area contributed by atoms with Crippen LogP contribution in [-0.4, -0.2) is 41.0 Å². The molecule has 0 saturated heterocycles. The van der Waals surface area contributed by atoms with E-state index in [1.165, 1.54) is 6.07 Å². The number of aromatic nitrogens is 7. The first-order valence-corrected chi connectivity index (χ1v) is 8.45. The maximum absolute atomic E-state index is 14.3. The predicted octanol–water partition coefficient (Wildman–Crippen LogP) is 1.70. The van der Waals surface area contributed by atoms with Crippen molar-refractivity contribution in [3.63, 3.8) is 0 Å². The summed E-state index contributed by atoms with van der Waals surface area (Å²) in [5.41, 5.74) is 2.71. The van der Waals surface area contributed by atoms with E-state index in [2.05, 4.69) is 30.6 Å². The van der Waals surface area contributed by atoms with Crippen molar-refractivity contribution >= 4 is 11.6 Å². The molecule has 1 aromatic carbocycles. The molecular formula is C17H15FN8O. The van der Waals surface area contributed by atoms with E-state index in [0.717, 1.165) is 11.3 Å². The summed E-state index contributed by atoms with van der Waals surface area (Å²) in [5, 5.41) is 15.6. The molecule has 0 radical (unpaired) electrons. The van der Waals surface area contributed by atoms with Crippen LogP contribution in [0, 0.1) is 12.7 Å². The molecule has 0 bridgehead atoms. The van der Waals surface area contributed by atoms with Crippen LogP contribution in [0.4, 0.5) is 10.3 Å². The van der Waals surface area contributed by atoms with Gasteiger partial charge in [-0.25, -0.2) is 23.4 Å². The molecule has 136 valence electrons. The summed E-state index contributed by atoms with van der Waals surface area (Å²) >= 11 is 0. The van der Waals surface area contributed by atoms with Gasteiger partial charge < -0.3 is 10.1 Å². The molecule has 0 unspecified atom stereocenters. The van der Waals surface area contributed by atoms with Gasteiger partial charge in [0.25, 0.3) is 0 Å².